The molecule has 2 heterocycles. The number of hydrogen-bond acceptors (Lipinski definition) is 5. The molecule has 0 amide bonds. The molecule has 0 saturated carbocycles. The summed E-state index contributed by atoms with van der Waals surface area (Å²) >= 11 is 0. The summed E-state index contributed by atoms with van der Waals surface area (Å²) in [6.45, 7) is 24.3. The van der Waals surface area contributed by atoms with E-state index in [1.807, 2.05) is 32.9 Å². The van der Waals surface area contributed by atoms with Crippen LogP contribution in [-0.4, -0.2) is 73.7 Å². The Kier molecular flexibility index (Phi) is 7.78. The second-order valence-corrected chi connectivity index (χ2v) is 16.6. The zero-order valence-corrected chi connectivity index (χ0v) is 22.9. The summed E-state index contributed by atoms with van der Waals surface area (Å²) in [6.07, 6.45) is 1.46. The summed E-state index contributed by atoms with van der Waals surface area (Å²) in [4.78, 5) is 17.5. The molecule has 0 unspecified atom stereocenters. The average molecular weight is 474 g/mol. The van der Waals surface area contributed by atoms with Gasteiger partial charge in [0.2, 0.25) is 0 Å². The van der Waals surface area contributed by atoms with Crippen molar-refractivity contribution in [2.24, 2.45) is 0 Å². The zero-order valence-electron chi connectivity index (χ0n) is 21.9. The second kappa shape index (κ2) is 9.90. The van der Waals surface area contributed by atoms with Gasteiger partial charge in [0.25, 0.3) is 0 Å². The molecule has 1 aliphatic rings. The first-order valence-corrected chi connectivity index (χ1v) is 15.1. The van der Waals surface area contributed by atoms with E-state index in [2.05, 4.69) is 55.8 Å². The SMILES string of the molecule is CC(C)(C)OC(=O)n1ccc2cc(CN3CCN(CCO[Si](C)(C)C(C)(C)C)CC3)ccc21. The summed E-state index contributed by atoms with van der Waals surface area (Å²) in [7, 11) is -1.66. The zero-order chi connectivity index (χ0) is 24.4. The van der Waals surface area contributed by atoms with Gasteiger partial charge in [0.05, 0.1) is 5.52 Å². The third kappa shape index (κ3) is 6.91. The quantitative estimate of drug-likeness (QED) is 0.514. The van der Waals surface area contributed by atoms with Crippen LogP contribution in [-0.2, 0) is 15.7 Å². The van der Waals surface area contributed by atoms with Gasteiger partial charge in [0.1, 0.15) is 5.60 Å². The second-order valence-electron chi connectivity index (χ2n) is 11.8. The molecule has 0 bridgehead atoms. The van der Waals surface area contributed by atoms with Crippen LogP contribution >= 0.6 is 0 Å². The lowest BCUT2D eigenvalue weighted by molar-refractivity contribution is 0.0544. The first-order chi connectivity index (χ1) is 15.2. The molecule has 1 saturated heterocycles. The maximum atomic E-state index is 12.5. The Morgan fingerprint density at radius 2 is 1.61 bits per heavy atom. The van der Waals surface area contributed by atoms with E-state index < -0.39 is 13.9 Å². The number of ether oxygens (including phenoxy) is 1. The van der Waals surface area contributed by atoms with E-state index in [9.17, 15) is 4.79 Å². The molecule has 33 heavy (non-hydrogen) atoms. The molecule has 1 aliphatic heterocycles. The van der Waals surface area contributed by atoms with Crippen molar-refractivity contribution in [3.8, 4) is 0 Å². The minimum Gasteiger partial charge on any atom is -0.443 e. The lowest BCUT2D eigenvalue weighted by atomic mass is 10.1. The van der Waals surface area contributed by atoms with Gasteiger partial charge in [0.15, 0.2) is 8.32 Å². The number of aromatic nitrogens is 1. The van der Waals surface area contributed by atoms with Crippen LogP contribution in [0.1, 0.15) is 47.1 Å². The van der Waals surface area contributed by atoms with Crippen LogP contribution in [0.25, 0.3) is 10.9 Å². The van der Waals surface area contributed by atoms with Crippen molar-refractivity contribution in [3.05, 3.63) is 36.0 Å². The summed E-state index contributed by atoms with van der Waals surface area (Å²) in [5, 5.41) is 1.33. The van der Waals surface area contributed by atoms with Crippen molar-refractivity contribution >= 4 is 25.3 Å². The van der Waals surface area contributed by atoms with Gasteiger partial charge in [-0.15, -0.1) is 0 Å². The standard InChI is InChI=1S/C26H43N3O3Si/c1-25(2,3)32-24(30)29-12-11-22-19-21(9-10-23(22)29)20-28-15-13-27(14-16-28)17-18-31-33(7,8)26(4,5)6/h9-12,19H,13-18,20H2,1-8H3. The van der Waals surface area contributed by atoms with Crippen molar-refractivity contribution in [1.29, 1.82) is 0 Å². The Labute approximate surface area is 201 Å². The Morgan fingerprint density at radius 1 is 0.970 bits per heavy atom. The Morgan fingerprint density at radius 3 is 2.21 bits per heavy atom. The molecule has 1 aromatic carbocycles. The maximum absolute atomic E-state index is 12.5. The molecule has 0 N–H and O–H groups in total. The van der Waals surface area contributed by atoms with E-state index in [0.717, 1.165) is 56.8 Å². The van der Waals surface area contributed by atoms with Crippen molar-refractivity contribution in [3.63, 3.8) is 0 Å². The van der Waals surface area contributed by atoms with E-state index in [-0.39, 0.29) is 11.1 Å². The Hall–Kier alpha value is -1.67. The van der Waals surface area contributed by atoms with Gasteiger partial charge >= 0.3 is 6.09 Å². The highest BCUT2D eigenvalue weighted by atomic mass is 28.4. The predicted molar refractivity (Wildman–Crippen MR) is 138 cm³/mol. The van der Waals surface area contributed by atoms with Crippen LogP contribution in [0.5, 0.6) is 0 Å². The van der Waals surface area contributed by atoms with Gasteiger partial charge in [-0.1, -0.05) is 26.8 Å². The van der Waals surface area contributed by atoms with Gasteiger partial charge in [-0.25, -0.2) is 4.79 Å². The number of fused-ring (bicyclic) bond motifs is 1. The van der Waals surface area contributed by atoms with Crippen LogP contribution in [0.15, 0.2) is 30.5 Å². The molecule has 6 nitrogen and oxygen atoms in total. The Balaban J connectivity index is 1.49. The molecule has 7 heteroatoms. The normalized spacial score (nSPS) is 17.0. The number of carbonyl (C=O) groups excluding carboxylic acids is 1. The minimum atomic E-state index is -1.66. The molecule has 3 rings (SSSR count). The number of piperazine rings is 1. The van der Waals surface area contributed by atoms with E-state index in [1.54, 1.807) is 10.8 Å². The Bertz CT molecular complexity index is 948. The van der Waals surface area contributed by atoms with E-state index in [0.29, 0.717) is 0 Å². The summed E-state index contributed by atoms with van der Waals surface area (Å²) in [5.74, 6) is 0. The predicted octanol–water partition coefficient (Wildman–Crippen LogP) is 5.56. The van der Waals surface area contributed by atoms with Gasteiger partial charge in [-0.05, 0) is 62.7 Å². The van der Waals surface area contributed by atoms with E-state index >= 15 is 0 Å². The molecule has 1 fully saturated rings. The fourth-order valence-corrected chi connectivity index (χ4v) is 4.87. The largest absolute Gasteiger partial charge is 0.443 e. The number of carbonyl (C=O) groups is 1. The van der Waals surface area contributed by atoms with Crippen molar-refractivity contribution < 1.29 is 14.0 Å². The molecule has 0 spiro atoms. The van der Waals surface area contributed by atoms with Crippen molar-refractivity contribution in [2.45, 2.75) is 71.8 Å². The van der Waals surface area contributed by atoms with Crippen molar-refractivity contribution in [2.75, 3.05) is 39.3 Å². The van der Waals surface area contributed by atoms with Crippen molar-refractivity contribution in [1.82, 2.24) is 14.4 Å². The smallest absolute Gasteiger partial charge is 0.418 e. The molecule has 0 radical (unpaired) electrons. The van der Waals surface area contributed by atoms with Crippen LogP contribution in [0.4, 0.5) is 4.79 Å². The number of nitrogens with zero attached hydrogens (tertiary/aromatic N) is 3. The summed E-state index contributed by atoms with van der Waals surface area (Å²) in [5.41, 5.74) is 1.66. The highest BCUT2D eigenvalue weighted by Gasteiger charge is 2.37. The van der Waals surface area contributed by atoms with Gasteiger partial charge in [-0.3, -0.25) is 14.4 Å². The molecule has 2 aromatic rings. The molecule has 0 aliphatic carbocycles. The lowest BCUT2D eigenvalue weighted by Crippen LogP contribution is -2.48. The molecular weight excluding hydrogens is 430 g/mol. The molecule has 0 atom stereocenters. The highest BCUT2D eigenvalue weighted by molar-refractivity contribution is 6.74. The van der Waals surface area contributed by atoms with Crippen LogP contribution in [0.3, 0.4) is 0 Å². The first-order valence-electron chi connectivity index (χ1n) is 12.2. The summed E-state index contributed by atoms with van der Waals surface area (Å²) < 4.78 is 13.5. The molecule has 184 valence electrons. The number of hydrogen-bond donors (Lipinski definition) is 0. The number of rotatable bonds is 6. The fraction of sp³-hybridized carbons (Fsp3) is 0.654. The third-order valence-corrected chi connectivity index (χ3v) is 11.4. The fourth-order valence-electron chi connectivity index (χ4n) is 3.84. The third-order valence-electron chi connectivity index (χ3n) is 6.89. The highest BCUT2D eigenvalue weighted by Crippen LogP contribution is 2.36. The van der Waals surface area contributed by atoms with E-state index in [4.69, 9.17) is 9.16 Å². The minimum absolute atomic E-state index is 0.265. The maximum Gasteiger partial charge on any atom is 0.418 e. The summed E-state index contributed by atoms with van der Waals surface area (Å²) in [6, 6.07) is 8.34. The van der Waals surface area contributed by atoms with Gasteiger partial charge in [0, 0.05) is 57.5 Å². The first kappa shape index (κ1) is 25.9. The molecular formula is C26H43N3O3Si. The monoisotopic (exact) mass is 473 g/mol. The van der Waals surface area contributed by atoms with Gasteiger partial charge < -0.3 is 9.16 Å². The molecule has 1 aromatic heterocycles. The van der Waals surface area contributed by atoms with E-state index in [1.165, 1.54) is 5.56 Å². The van der Waals surface area contributed by atoms with Crippen LogP contribution in [0, 0.1) is 0 Å². The average Bonchev–Trinajstić information content (AvgIpc) is 3.10. The topological polar surface area (TPSA) is 46.9 Å². The van der Waals surface area contributed by atoms with Crippen LogP contribution < -0.4 is 0 Å². The van der Waals surface area contributed by atoms with Gasteiger partial charge in [-0.2, -0.15) is 0 Å². The van der Waals surface area contributed by atoms with Crippen LogP contribution in [0.2, 0.25) is 18.1 Å². The number of benzene rings is 1. The lowest BCUT2D eigenvalue weighted by Gasteiger charge is -2.38.